The predicted molar refractivity (Wildman–Crippen MR) is 139 cm³/mol. The molecule has 2 unspecified atom stereocenters. The monoisotopic (exact) mass is 523 g/mol. The minimum Gasteiger partial charge on any atom is -0.489 e. The number of aliphatic hydroxyl groups is 1. The first-order chi connectivity index (χ1) is 17.9. The van der Waals surface area contributed by atoms with Crippen LogP contribution >= 0.6 is 11.6 Å². The Balaban J connectivity index is 1.20. The van der Waals surface area contributed by atoms with Gasteiger partial charge in [-0.15, -0.1) is 0 Å². The number of nitrogens with two attached hydrogens (primary N) is 1. The van der Waals surface area contributed by atoms with Crippen LogP contribution in [0.2, 0.25) is 5.28 Å². The molecule has 2 atom stereocenters. The maximum Gasteiger partial charge on any atom is 0.224 e. The number of aromatic nitrogens is 5. The second-order valence-electron chi connectivity index (χ2n) is 8.99. The van der Waals surface area contributed by atoms with E-state index in [0.29, 0.717) is 41.7 Å². The first-order valence-electron chi connectivity index (χ1n) is 12.0. The number of hydrogen-bond donors (Lipinski definition) is 3. The number of aryl methyl sites for hydroxylation is 1. The molecule has 37 heavy (non-hydrogen) atoms. The molecule has 0 aliphatic heterocycles. The standard InChI is InChI=1S/C26H27ClFN7O2/c1-15-31-14-35(34-15)22-9-6-18(29)12-23(22)37-13-19(36)10-11-30-25-21-8-7-20(24(21)32-26(27)33-25)16-2-4-17(28)5-3-16/h2-6,9,12,14,19-20,36H,7-8,10-11,13,29H2,1H3,(H,30,32,33). The molecule has 0 saturated heterocycles. The third-order valence-electron chi connectivity index (χ3n) is 6.34. The smallest absolute Gasteiger partial charge is 0.224 e. The van der Waals surface area contributed by atoms with Gasteiger partial charge in [0.25, 0.3) is 0 Å². The lowest BCUT2D eigenvalue weighted by molar-refractivity contribution is 0.103. The number of nitrogens with zero attached hydrogens (tertiary/aromatic N) is 5. The van der Waals surface area contributed by atoms with Crippen molar-refractivity contribution in [3.8, 4) is 11.4 Å². The van der Waals surface area contributed by atoms with Crippen molar-refractivity contribution in [2.75, 3.05) is 24.2 Å². The number of benzene rings is 2. The summed E-state index contributed by atoms with van der Waals surface area (Å²) in [6.45, 7) is 2.33. The minimum atomic E-state index is -0.739. The van der Waals surface area contributed by atoms with Crippen molar-refractivity contribution < 1.29 is 14.2 Å². The predicted octanol–water partition coefficient (Wildman–Crippen LogP) is 4.06. The molecule has 0 radical (unpaired) electrons. The molecule has 2 aromatic carbocycles. The number of ether oxygens (including phenoxy) is 1. The highest BCUT2D eigenvalue weighted by molar-refractivity contribution is 6.28. The van der Waals surface area contributed by atoms with Gasteiger partial charge in [0, 0.05) is 29.8 Å². The van der Waals surface area contributed by atoms with E-state index in [1.54, 1.807) is 48.3 Å². The van der Waals surface area contributed by atoms with Crippen molar-refractivity contribution >= 4 is 23.1 Å². The summed E-state index contributed by atoms with van der Waals surface area (Å²) in [7, 11) is 0. The summed E-state index contributed by atoms with van der Waals surface area (Å²) in [6, 6.07) is 11.7. The highest BCUT2D eigenvalue weighted by Gasteiger charge is 2.29. The Morgan fingerprint density at radius 2 is 2.05 bits per heavy atom. The summed E-state index contributed by atoms with van der Waals surface area (Å²) in [6.07, 6.45) is 2.89. The van der Waals surface area contributed by atoms with Crippen LogP contribution in [-0.2, 0) is 6.42 Å². The van der Waals surface area contributed by atoms with Gasteiger partial charge in [0.1, 0.15) is 41.8 Å². The molecule has 0 bridgehead atoms. The second kappa shape index (κ2) is 10.7. The van der Waals surface area contributed by atoms with E-state index >= 15 is 0 Å². The van der Waals surface area contributed by atoms with E-state index < -0.39 is 6.10 Å². The van der Waals surface area contributed by atoms with E-state index in [1.165, 1.54) is 12.1 Å². The van der Waals surface area contributed by atoms with E-state index in [1.807, 2.05) is 0 Å². The fourth-order valence-electron chi connectivity index (χ4n) is 4.52. The first kappa shape index (κ1) is 24.9. The van der Waals surface area contributed by atoms with Crippen LogP contribution in [-0.4, -0.2) is 49.1 Å². The Morgan fingerprint density at radius 3 is 2.81 bits per heavy atom. The van der Waals surface area contributed by atoms with Crippen molar-refractivity contribution in [1.82, 2.24) is 24.7 Å². The van der Waals surface area contributed by atoms with Gasteiger partial charge in [-0.25, -0.2) is 24.0 Å². The van der Waals surface area contributed by atoms with Crippen LogP contribution in [0.25, 0.3) is 5.69 Å². The maximum atomic E-state index is 13.4. The lowest BCUT2D eigenvalue weighted by Crippen LogP contribution is -2.22. The molecular weight excluding hydrogens is 497 g/mol. The maximum absolute atomic E-state index is 13.4. The SMILES string of the molecule is Cc1ncn(-c2ccc(N)cc2OCC(O)CCNc2nc(Cl)nc3c2CCC3c2ccc(F)cc2)n1. The van der Waals surface area contributed by atoms with Crippen LogP contribution in [0.5, 0.6) is 5.75 Å². The molecule has 4 aromatic rings. The van der Waals surface area contributed by atoms with E-state index in [2.05, 4.69) is 25.4 Å². The van der Waals surface area contributed by atoms with Crippen molar-refractivity contribution in [3.05, 3.63) is 82.5 Å². The topological polar surface area (TPSA) is 124 Å². The Labute approximate surface area is 218 Å². The average Bonchev–Trinajstić information content (AvgIpc) is 3.49. The number of fused-ring (bicyclic) bond motifs is 1. The first-order valence-corrected chi connectivity index (χ1v) is 12.4. The normalized spacial score (nSPS) is 15.4. The molecule has 1 aliphatic carbocycles. The summed E-state index contributed by atoms with van der Waals surface area (Å²) in [5, 5.41) is 18.3. The lowest BCUT2D eigenvalue weighted by atomic mass is 9.97. The summed E-state index contributed by atoms with van der Waals surface area (Å²) >= 11 is 6.23. The third kappa shape index (κ3) is 5.65. The Morgan fingerprint density at radius 1 is 1.24 bits per heavy atom. The van der Waals surface area contributed by atoms with Gasteiger partial charge in [-0.05, 0) is 67.6 Å². The Bertz CT molecular complexity index is 1400. The number of hydrogen-bond acceptors (Lipinski definition) is 8. The minimum absolute atomic E-state index is 0.0388. The molecule has 0 amide bonds. The molecule has 1 aliphatic rings. The van der Waals surface area contributed by atoms with Crippen molar-refractivity contribution in [1.29, 1.82) is 0 Å². The van der Waals surface area contributed by atoms with Crippen LogP contribution in [0.1, 0.15) is 41.4 Å². The number of aliphatic hydroxyl groups excluding tert-OH is 1. The van der Waals surface area contributed by atoms with Crippen LogP contribution in [0, 0.1) is 12.7 Å². The molecule has 5 rings (SSSR count). The molecule has 192 valence electrons. The van der Waals surface area contributed by atoms with Gasteiger partial charge in [0.15, 0.2) is 0 Å². The summed E-state index contributed by atoms with van der Waals surface area (Å²) in [4.78, 5) is 13.0. The average molecular weight is 524 g/mol. The van der Waals surface area contributed by atoms with Gasteiger partial charge in [-0.2, -0.15) is 5.10 Å². The molecule has 0 saturated carbocycles. The van der Waals surface area contributed by atoms with Gasteiger partial charge in [0.05, 0.1) is 11.8 Å². The zero-order chi connectivity index (χ0) is 25.9. The van der Waals surface area contributed by atoms with Gasteiger partial charge < -0.3 is 20.9 Å². The fourth-order valence-corrected chi connectivity index (χ4v) is 4.70. The van der Waals surface area contributed by atoms with Gasteiger partial charge in [-0.3, -0.25) is 0 Å². The van der Waals surface area contributed by atoms with Crippen molar-refractivity contribution in [2.45, 2.75) is 38.2 Å². The second-order valence-corrected chi connectivity index (χ2v) is 9.33. The number of halogens is 2. The molecule has 2 heterocycles. The van der Waals surface area contributed by atoms with Crippen LogP contribution in [0.4, 0.5) is 15.9 Å². The largest absolute Gasteiger partial charge is 0.489 e. The van der Waals surface area contributed by atoms with E-state index in [4.69, 9.17) is 22.1 Å². The fraction of sp³-hybridized carbons (Fsp3) is 0.308. The third-order valence-corrected chi connectivity index (χ3v) is 6.50. The van der Waals surface area contributed by atoms with Gasteiger partial charge in [-0.1, -0.05) is 12.1 Å². The molecular formula is C26H27ClFN7O2. The number of anilines is 2. The molecule has 4 N–H and O–H groups in total. The highest BCUT2D eigenvalue weighted by Crippen LogP contribution is 2.40. The number of nitrogen functional groups attached to an aromatic ring is 1. The van der Waals surface area contributed by atoms with Crippen molar-refractivity contribution in [2.24, 2.45) is 0 Å². The van der Waals surface area contributed by atoms with Crippen molar-refractivity contribution in [3.63, 3.8) is 0 Å². The van der Waals surface area contributed by atoms with E-state index in [0.717, 1.165) is 29.7 Å². The highest BCUT2D eigenvalue weighted by atomic mass is 35.5. The zero-order valence-corrected chi connectivity index (χ0v) is 21.0. The molecule has 2 aromatic heterocycles. The zero-order valence-electron chi connectivity index (χ0n) is 20.2. The summed E-state index contributed by atoms with van der Waals surface area (Å²) < 4.78 is 20.9. The van der Waals surface area contributed by atoms with E-state index in [9.17, 15) is 9.50 Å². The van der Waals surface area contributed by atoms with Crippen LogP contribution < -0.4 is 15.8 Å². The number of nitrogens with one attached hydrogen (secondary N) is 1. The van der Waals surface area contributed by atoms with Gasteiger partial charge >= 0.3 is 0 Å². The molecule has 11 heteroatoms. The molecule has 0 spiro atoms. The Kier molecular flexibility index (Phi) is 7.20. The Hall–Kier alpha value is -3.76. The van der Waals surface area contributed by atoms with Crippen LogP contribution in [0.3, 0.4) is 0 Å². The number of rotatable bonds is 9. The summed E-state index contributed by atoms with van der Waals surface area (Å²) in [5.41, 5.74) is 10.0. The molecule has 0 fully saturated rings. The summed E-state index contributed by atoms with van der Waals surface area (Å²) in [5.74, 6) is 1.57. The molecule has 9 nitrogen and oxygen atoms in total. The van der Waals surface area contributed by atoms with Gasteiger partial charge in [0.2, 0.25) is 5.28 Å². The van der Waals surface area contributed by atoms with Crippen LogP contribution in [0.15, 0.2) is 48.8 Å². The quantitative estimate of drug-likeness (QED) is 0.222. The van der Waals surface area contributed by atoms with E-state index in [-0.39, 0.29) is 23.6 Å². The lowest BCUT2D eigenvalue weighted by Gasteiger charge is -2.17.